The Morgan fingerprint density at radius 2 is 2.19 bits per heavy atom. The van der Waals surface area contributed by atoms with Crippen molar-refractivity contribution in [3.8, 4) is 0 Å². The van der Waals surface area contributed by atoms with Crippen molar-refractivity contribution < 1.29 is 0 Å². The minimum Gasteiger partial charge on any atom is -0.268 e. The molecule has 2 nitrogen and oxygen atoms in total. The number of aryl methyl sites for hydroxylation is 2. The highest BCUT2D eigenvalue weighted by Crippen LogP contribution is 2.46. The van der Waals surface area contributed by atoms with Gasteiger partial charge in [0.1, 0.15) is 0 Å². The first-order valence-electron chi connectivity index (χ1n) is 5.89. The van der Waals surface area contributed by atoms with Gasteiger partial charge in [-0.2, -0.15) is 5.10 Å². The molecule has 1 aromatic rings. The van der Waals surface area contributed by atoms with Gasteiger partial charge in [0.15, 0.2) is 0 Å². The molecule has 0 spiro atoms. The summed E-state index contributed by atoms with van der Waals surface area (Å²) in [6.07, 6.45) is 5.03. The molecule has 0 atom stereocenters. The normalized spacial score (nSPS) is 18.5. The van der Waals surface area contributed by atoms with E-state index in [-0.39, 0.29) is 0 Å². The van der Waals surface area contributed by atoms with Gasteiger partial charge in [-0.05, 0) is 38.5 Å². The Bertz CT molecular complexity index is 377. The minimum atomic E-state index is 0.434. The summed E-state index contributed by atoms with van der Waals surface area (Å²) in [5, 5.41) is 6.42. The van der Waals surface area contributed by atoms with E-state index in [4.69, 9.17) is 11.6 Å². The molecule has 0 N–H and O–H groups in total. The van der Waals surface area contributed by atoms with Crippen molar-refractivity contribution in [1.29, 1.82) is 0 Å². The van der Waals surface area contributed by atoms with Crippen LogP contribution in [-0.2, 0) is 13.0 Å². The molecule has 1 aromatic heterocycles. The summed E-state index contributed by atoms with van der Waals surface area (Å²) in [4.78, 5) is 0. The van der Waals surface area contributed by atoms with Gasteiger partial charge in [0.05, 0.1) is 16.4 Å². The smallest absolute Gasteiger partial charge is 0.0847 e. The fourth-order valence-electron chi connectivity index (χ4n) is 2.43. The Hall–Kier alpha value is -0.0200. The molecule has 16 heavy (non-hydrogen) atoms. The fraction of sp³-hybridized carbons (Fsp3) is 0.750. The molecule has 1 aliphatic carbocycles. The molecular formula is C12H18BrClN2. The molecule has 1 aliphatic rings. The number of hydrogen-bond donors (Lipinski definition) is 0. The molecule has 4 heteroatoms. The zero-order valence-corrected chi connectivity index (χ0v) is 12.2. The molecule has 0 bridgehead atoms. The second kappa shape index (κ2) is 4.69. The van der Waals surface area contributed by atoms with Crippen molar-refractivity contribution in [3.05, 3.63) is 16.4 Å². The molecule has 0 aliphatic heterocycles. The van der Waals surface area contributed by atoms with Crippen LogP contribution in [0.25, 0.3) is 0 Å². The van der Waals surface area contributed by atoms with E-state index in [1.807, 2.05) is 6.92 Å². The zero-order valence-electron chi connectivity index (χ0n) is 9.89. The standard InChI is InChI=1S/C12H18BrClN2/c1-3-16-10(11(14)9(2)15-16)7-12(8-13)5-4-6-12/h3-8H2,1-2H3. The first-order valence-corrected chi connectivity index (χ1v) is 7.39. The van der Waals surface area contributed by atoms with Gasteiger partial charge in [-0.3, -0.25) is 4.68 Å². The van der Waals surface area contributed by atoms with Crippen LogP contribution in [0, 0.1) is 12.3 Å². The number of aromatic nitrogens is 2. The van der Waals surface area contributed by atoms with Crippen LogP contribution in [-0.4, -0.2) is 15.1 Å². The van der Waals surface area contributed by atoms with Gasteiger partial charge in [-0.1, -0.05) is 34.0 Å². The summed E-state index contributed by atoms with van der Waals surface area (Å²) >= 11 is 9.98. The van der Waals surface area contributed by atoms with E-state index in [2.05, 4.69) is 32.6 Å². The van der Waals surface area contributed by atoms with Gasteiger partial charge < -0.3 is 0 Å². The van der Waals surface area contributed by atoms with E-state index in [1.54, 1.807) is 0 Å². The third kappa shape index (κ3) is 2.04. The molecular weight excluding hydrogens is 288 g/mol. The lowest BCUT2D eigenvalue weighted by Crippen LogP contribution is -2.34. The first-order chi connectivity index (χ1) is 7.62. The minimum absolute atomic E-state index is 0.434. The monoisotopic (exact) mass is 304 g/mol. The quantitative estimate of drug-likeness (QED) is 0.770. The maximum Gasteiger partial charge on any atom is 0.0847 e. The second-order valence-corrected chi connectivity index (χ2v) is 5.76. The molecule has 1 fully saturated rings. The zero-order chi connectivity index (χ0) is 11.8. The maximum absolute atomic E-state index is 6.34. The predicted octanol–water partition coefficient (Wildman–Crippen LogP) is 3.97. The molecule has 0 radical (unpaired) electrons. The van der Waals surface area contributed by atoms with Gasteiger partial charge in [0, 0.05) is 11.9 Å². The summed E-state index contributed by atoms with van der Waals surface area (Å²) in [6, 6.07) is 0. The van der Waals surface area contributed by atoms with Crippen molar-refractivity contribution in [3.63, 3.8) is 0 Å². The van der Waals surface area contributed by atoms with E-state index in [0.717, 1.165) is 29.0 Å². The van der Waals surface area contributed by atoms with Crippen molar-refractivity contribution in [2.24, 2.45) is 5.41 Å². The van der Waals surface area contributed by atoms with Gasteiger partial charge in [0.2, 0.25) is 0 Å². The Morgan fingerprint density at radius 1 is 1.50 bits per heavy atom. The average molecular weight is 306 g/mol. The van der Waals surface area contributed by atoms with Crippen LogP contribution in [0.4, 0.5) is 0 Å². The highest BCUT2D eigenvalue weighted by molar-refractivity contribution is 9.09. The lowest BCUT2D eigenvalue weighted by atomic mass is 9.67. The number of rotatable bonds is 4. The van der Waals surface area contributed by atoms with E-state index in [1.165, 1.54) is 25.0 Å². The molecule has 1 saturated carbocycles. The highest BCUT2D eigenvalue weighted by Gasteiger charge is 2.37. The molecule has 0 saturated heterocycles. The van der Waals surface area contributed by atoms with E-state index >= 15 is 0 Å². The summed E-state index contributed by atoms with van der Waals surface area (Å²) < 4.78 is 2.06. The van der Waals surface area contributed by atoms with Crippen LogP contribution in [0.2, 0.25) is 5.02 Å². The lowest BCUT2D eigenvalue weighted by Gasteiger charge is -2.40. The summed E-state index contributed by atoms with van der Waals surface area (Å²) in [6.45, 7) is 5.01. The van der Waals surface area contributed by atoms with E-state index < -0.39 is 0 Å². The summed E-state index contributed by atoms with van der Waals surface area (Å²) in [5.74, 6) is 0. The Labute approximate surface area is 110 Å². The number of hydrogen-bond acceptors (Lipinski definition) is 1. The largest absolute Gasteiger partial charge is 0.268 e. The topological polar surface area (TPSA) is 17.8 Å². The molecule has 0 amide bonds. The fourth-order valence-corrected chi connectivity index (χ4v) is 3.39. The van der Waals surface area contributed by atoms with Crippen molar-refractivity contribution >= 4 is 27.5 Å². The Kier molecular flexibility index (Phi) is 3.65. The highest BCUT2D eigenvalue weighted by atomic mass is 79.9. The Morgan fingerprint density at radius 3 is 2.62 bits per heavy atom. The first kappa shape index (κ1) is 12.4. The average Bonchev–Trinajstić information content (AvgIpc) is 2.50. The number of halogens is 2. The Balaban J connectivity index is 2.26. The van der Waals surface area contributed by atoms with Crippen LogP contribution in [0.5, 0.6) is 0 Å². The van der Waals surface area contributed by atoms with Gasteiger partial charge in [-0.25, -0.2) is 0 Å². The lowest BCUT2D eigenvalue weighted by molar-refractivity contribution is 0.166. The maximum atomic E-state index is 6.34. The van der Waals surface area contributed by atoms with Gasteiger partial charge >= 0.3 is 0 Å². The van der Waals surface area contributed by atoms with Gasteiger partial charge in [0.25, 0.3) is 0 Å². The molecule has 0 aromatic carbocycles. The van der Waals surface area contributed by atoms with Crippen LogP contribution >= 0.6 is 27.5 Å². The molecule has 2 rings (SSSR count). The van der Waals surface area contributed by atoms with Crippen LogP contribution in [0.1, 0.15) is 37.6 Å². The third-order valence-electron chi connectivity index (χ3n) is 3.69. The van der Waals surface area contributed by atoms with Crippen LogP contribution in [0.15, 0.2) is 0 Å². The third-order valence-corrected chi connectivity index (χ3v) is 5.37. The number of nitrogens with zero attached hydrogens (tertiary/aromatic N) is 2. The molecule has 90 valence electrons. The van der Waals surface area contributed by atoms with Crippen LogP contribution < -0.4 is 0 Å². The molecule has 1 heterocycles. The molecule has 0 unspecified atom stereocenters. The van der Waals surface area contributed by atoms with Crippen molar-refractivity contribution in [1.82, 2.24) is 9.78 Å². The van der Waals surface area contributed by atoms with E-state index in [0.29, 0.717) is 5.41 Å². The van der Waals surface area contributed by atoms with E-state index in [9.17, 15) is 0 Å². The van der Waals surface area contributed by atoms with Gasteiger partial charge in [-0.15, -0.1) is 0 Å². The van der Waals surface area contributed by atoms with Crippen molar-refractivity contribution in [2.75, 3.05) is 5.33 Å². The number of alkyl halides is 1. The van der Waals surface area contributed by atoms with Crippen molar-refractivity contribution in [2.45, 2.75) is 46.1 Å². The summed E-state index contributed by atoms with van der Waals surface area (Å²) in [5.41, 5.74) is 2.62. The SMILES string of the molecule is CCn1nc(C)c(Cl)c1CC1(CBr)CCC1. The van der Waals surface area contributed by atoms with Crippen LogP contribution in [0.3, 0.4) is 0 Å². The second-order valence-electron chi connectivity index (χ2n) is 4.83. The summed E-state index contributed by atoms with van der Waals surface area (Å²) in [7, 11) is 0. The predicted molar refractivity (Wildman–Crippen MR) is 71.4 cm³/mol.